The summed E-state index contributed by atoms with van der Waals surface area (Å²) in [6, 6.07) is 0.363. The van der Waals surface area contributed by atoms with Gasteiger partial charge in [0.1, 0.15) is 0 Å². The molecule has 4 heteroatoms. The van der Waals surface area contributed by atoms with Crippen LogP contribution in [0.4, 0.5) is 0 Å². The van der Waals surface area contributed by atoms with E-state index in [1.54, 1.807) is 11.3 Å². The van der Waals surface area contributed by atoms with Gasteiger partial charge in [0.25, 0.3) is 0 Å². The number of hydrogen-bond donors (Lipinski definition) is 1. The molecule has 1 aromatic heterocycles. The largest absolute Gasteiger partial charge is 0.377 e. The molecule has 0 aliphatic carbocycles. The summed E-state index contributed by atoms with van der Waals surface area (Å²) in [6.45, 7) is 12.1. The molecule has 0 fully saturated rings. The summed E-state index contributed by atoms with van der Waals surface area (Å²) in [5, 5.41) is 4.59. The Labute approximate surface area is 102 Å². The van der Waals surface area contributed by atoms with Crippen LogP contribution in [0.2, 0.25) is 0 Å². The van der Waals surface area contributed by atoms with Crippen LogP contribution >= 0.6 is 11.3 Å². The van der Waals surface area contributed by atoms with E-state index in [0.29, 0.717) is 12.1 Å². The lowest BCUT2D eigenvalue weighted by Crippen LogP contribution is -2.24. The van der Waals surface area contributed by atoms with E-state index in [1.165, 1.54) is 4.88 Å². The van der Waals surface area contributed by atoms with Gasteiger partial charge in [-0.1, -0.05) is 0 Å². The lowest BCUT2D eigenvalue weighted by atomic mass is 10.2. The molecule has 0 aliphatic heterocycles. The molecule has 0 amide bonds. The minimum Gasteiger partial charge on any atom is -0.377 e. The van der Waals surface area contributed by atoms with Crippen LogP contribution in [0, 0.1) is 13.8 Å². The Morgan fingerprint density at radius 1 is 1.31 bits per heavy atom. The number of aryl methyl sites for hydroxylation is 2. The number of thiazole rings is 1. The van der Waals surface area contributed by atoms with E-state index >= 15 is 0 Å². The number of aromatic nitrogens is 1. The molecule has 1 atom stereocenters. The van der Waals surface area contributed by atoms with Gasteiger partial charge in [-0.25, -0.2) is 4.98 Å². The molecule has 0 radical (unpaired) electrons. The van der Waals surface area contributed by atoms with Crippen LogP contribution in [0.25, 0.3) is 0 Å². The quantitative estimate of drug-likeness (QED) is 0.779. The minimum absolute atomic E-state index is 0.310. The van der Waals surface area contributed by atoms with Crippen LogP contribution in [-0.4, -0.2) is 24.2 Å². The molecular formula is C12H22N2OS. The predicted octanol–water partition coefficient (Wildman–Crippen LogP) is 2.84. The molecule has 1 unspecified atom stereocenters. The average molecular weight is 242 g/mol. The third kappa shape index (κ3) is 4.20. The SMILES string of the molecule is Cc1nc(C)c(C(C)NCCOC(C)C)s1. The van der Waals surface area contributed by atoms with Crippen molar-refractivity contribution in [1.29, 1.82) is 0 Å². The van der Waals surface area contributed by atoms with Crippen molar-refractivity contribution in [3.05, 3.63) is 15.6 Å². The third-order valence-electron chi connectivity index (χ3n) is 2.34. The molecule has 0 bridgehead atoms. The van der Waals surface area contributed by atoms with E-state index in [2.05, 4.69) is 44.9 Å². The summed E-state index contributed by atoms with van der Waals surface area (Å²) >= 11 is 1.77. The fourth-order valence-electron chi connectivity index (χ4n) is 1.61. The molecule has 3 nitrogen and oxygen atoms in total. The molecule has 1 rings (SSSR count). The number of hydrogen-bond acceptors (Lipinski definition) is 4. The van der Waals surface area contributed by atoms with Crippen molar-refractivity contribution in [3.8, 4) is 0 Å². The molecule has 0 spiro atoms. The molecular weight excluding hydrogens is 220 g/mol. The van der Waals surface area contributed by atoms with Gasteiger partial charge < -0.3 is 10.1 Å². The molecule has 92 valence electrons. The first kappa shape index (κ1) is 13.6. The van der Waals surface area contributed by atoms with Crippen LogP contribution in [0.3, 0.4) is 0 Å². The first-order valence-electron chi connectivity index (χ1n) is 5.79. The minimum atomic E-state index is 0.310. The van der Waals surface area contributed by atoms with Crippen molar-refractivity contribution >= 4 is 11.3 Å². The van der Waals surface area contributed by atoms with Crippen molar-refractivity contribution in [3.63, 3.8) is 0 Å². The van der Waals surface area contributed by atoms with Gasteiger partial charge in [-0.15, -0.1) is 11.3 Å². The van der Waals surface area contributed by atoms with Gasteiger partial charge in [0.2, 0.25) is 0 Å². The molecule has 0 aromatic carbocycles. The highest BCUT2D eigenvalue weighted by molar-refractivity contribution is 7.11. The van der Waals surface area contributed by atoms with Gasteiger partial charge in [0, 0.05) is 17.5 Å². The maximum absolute atomic E-state index is 5.49. The molecule has 1 N–H and O–H groups in total. The zero-order chi connectivity index (χ0) is 12.1. The van der Waals surface area contributed by atoms with Crippen LogP contribution in [0.5, 0.6) is 0 Å². The van der Waals surface area contributed by atoms with Gasteiger partial charge in [-0.05, 0) is 34.6 Å². The lowest BCUT2D eigenvalue weighted by molar-refractivity contribution is 0.0796. The second-order valence-electron chi connectivity index (χ2n) is 4.28. The zero-order valence-corrected chi connectivity index (χ0v) is 11.6. The van der Waals surface area contributed by atoms with Crippen molar-refractivity contribution in [2.75, 3.05) is 13.2 Å². The Kier molecular flexibility index (Phi) is 5.38. The molecule has 0 saturated carbocycles. The van der Waals surface area contributed by atoms with Crippen LogP contribution in [-0.2, 0) is 4.74 Å². The van der Waals surface area contributed by atoms with Crippen LogP contribution in [0.15, 0.2) is 0 Å². The van der Waals surface area contributed by atoms with E-state index in [-0.39, 0.29) is 0 Å². The number of ether oxygens (including phenoxy) is 1. The fraction of sp³-hybridized carbons (Fsp3) is 0.750. The second-order valence-corrected chi connectivity index (χ2v) is 5.51. The maximum atomic E-state index is 5.49. The highest BCUT2D eigenvalue weighted by Crippen LogP contribution is 2.23. The third-order valence-corrected chi connectivity index (χ3v) is 3.59. The van der Waals surface area contributed by atoms with Crippen LogP contribution < -0.4 is 5.32 Å². The van der Waals surface area contributed by atoms with Gasteiger partial charge in [0.15, 0.2) is 0 Å². The first-order chi connectivity index (χ1) is 7.50. The van der Waals surface area contributed by atoms with E-state index in [0.717, 1.165) is 23.9 Å². The maximum Gasteiger partial charge on any atom is 0.0900 e. The Bertz CT molecular complexity index is 323. The highest BCUT2D eigenvalue weighted by Gasteiger charge is 2.11. The van der Waals surface area contributed by atoms with Gasteiger partial charge in [-0.2, -0.15) is 0 Å². The standard InChI is InChI=1S/C12H22N2OS/c1-8(2)15-7-6-13-9(3)12-10(4)14-11(5)16-12/h8-9,13H,6-7H2,1-5H3. The van der Waals surface area contributed by atoms with Gasteiger partial charge >= 0.3 is 0 Å². The van der Waals surface area contributed by atoms with Crippen molar-refractivity contribution in [2.45, 2.75) is 46.8 Å². The Morgan fingerprint density at radius 2 is 2.00 bits per heavy atom. The Morgan fingerprint density at radius 3 is 2.50 bits per heavy atom. The summed E-state index contributed by atoms with van der Waals surface area (Å²) in [7, 11) is 0. The fourth-order valence-corrected chi connectivity index (χ4v) is 2.57. The first-order valence-corrected chi connectivity index (χ1v) is 6.61. The second kappa shape index (κ2) is 6.33. The van der Waals surface area contributed by atoms with E-state index in [9.17, 15) is 0 Å². The summed E-state index contributed by atoms with van der Waals surface area (Å²) < 4.78 is 5.49. The molecule has 1 heterocycles. The van der Waals surface area contributed by atoms with Crippen molar-refractivity contribution < 1.29 is 4.74 Å². The van der Waals surface area contributed by atoms with Crippen LogP contribution in [0.1, 0.15) is 42.4 Å². The summed E-state index contributed by atoms with van der Waals surface area (Å²) in [4.78, 5) is 5.77. The summed E-state index contributed by atoms with van der Waals surface area (Å²) in [5.41, 5.74) is 1.15. The van der Waals surface area contributed by atoms with Crippen molar-refractivity contribution in [2.24, 2.45) is 0 Å². The monoisotopic (exact) mass is 242 g/mol. The van der Waals surface area contributed by atoms with Crippen molar-refractivity contribution in [1.82, 2.24) is 10.3 Å². The molecule has 0 aliphatic rings. The van der Waals surface area contributed by atoms with E-state index < -0.39 is 0 Å². The molecule has 1 aromatic rings. The molecule has 16 heavy (non-hydrogen) atoms. The normalized spacial score (nSPS) is 13.4. The predicted molar refractivity (Wildman–Crippen MR) is 69.1 cm³/mol. The van der Waals surface area contributed by atoms with E-state index in [1.807, 2.05) is 0 Å². The molecule has 0 saturated heterocycles. The number of nitrogens with zero attached hydrogens (tertiary/aromatic N) is 1. The lowest BCUT2D eigenvalue weighted by Gasteiger charge is -2.13. The average Bonchev–Trinajstić information content (AvgIpc) is 2.52. The smallest absolute Gasteiger partial charge is 0.0900 e. The summed E-state index contributed by atoms with van der Waals surface area (Å²) in [5.74, 6) is 0. The highest BCUT2D eigenvalue weighted by atomic mass is 32.1. The topological polar surface area (TPSA) is 34.2 Å². The van der Waals surface area contributed by atoms with Gasteiger partial charge in [0.05, 0.1) is 23.4 Å². The Hall–Kier alpha value is -0.450. The van der Waals surface area contributed by atoms with Gasteiger partial charge in [-0.3, -0.25) is 0 Å². The number of nitrogens with one attached hydrogen (secondary N) is 1. The Balaban J connectivity index is 2.35. The zero-order valence-electron chi connectivity index (χ0n) is 10.8. The summed E-state index contributed by atoms with van der Waals surface area (Å²) in [6.07, 6.45) is 0.310. The van der Waals surface area contributed by atoms with E-state index in [4.69, 9.17) is 4.74 Å². The number of rotatable bonds is 6.